The Morgan fingerprint density at radius 3 is 2.62 bits per heavy atom. The van der Waals surface area contributed by atoms with E-state index in [-0.39, 0.29) is 0 Å². The molecule has 1 N–H and O–H groups in total. The van der Waals surface area contributed by atoms with E-state index in [0.29, 0.717) is 0 Å². The SMILES string of the molecule is O=C(O)/C=C/C=C/c1cncnc1. The number of nitrogens with zero attached hydrogens (tertiary/aromatic N) is 2. The van der Waals surface area contributed by atoms with Crippen LogP contribution in [0.2, 0.25) is 0 Å². The molecule has 0 amide bonds. The van der Waals surface area contributed by atoms with Crippen molar-refractivity contribution in [2.24, 2.45) is 0 Å². The first-order valence-corrected chi connectivity index (χ1v) is 3.62. The maximum absolute atomic E-state index is 10.1. The number of carbonyl (C=O) groups is 1. The summed E-state index contributed by atoms with van der Waals surface area (Å²) in [5.74, 6) is -0.964. The Bertz CT molecular complexity index is 331. The number of allylic oxidation sites excluding steroid dienone is 2. The second kappa shape index (κ2) is 4.82. The minimum Gasteiger partial charge on any atom is -0.478 e. The molecule has 0 radical (unpaired) electrons. The molecule has 0 saturated carbocycles. The molecule has 1 aromatic heterocycles. The Hall–Kier alpha value is -1.97. The minimum atomic E-state index is -0.964. The van der Waals surface area contributed by atoms with Crippen LogP contribution in [0.4, 0.5) is 0 Å². The van der Waals surface area contributed by atoms with Crippen LogP contribution in [0.15, 0.2) is 36.9 Å². The van der Waals surface area contributed by atoms with Gasteiger partial charge in [-0.05, 0) is 0 Å². The van der Waals surface area contributed by atoms with Gasteiger partial charge in [0.25, 0.3) is 0 Å². The molecule has 0 aliphatic rings. The molecule has 0 aromatic carbocycles. The normalized spacial score (nSPS) is 11.1. The van der Waals surface area contributed by atoms with Gasteiger partial charge >= 0.3 is 5.97 Å². The highest BCUT2D eigenvalue weighted by Crippen LogP contribution is 1.95. The summed E-state index contributed by atoms with van der Waals surface area (Å²) >= 11 is 0. The van der Waals surface area contributed by atoms with Crippen LogP contribution >= 0.6 is 0 Å². The summed E-state index contributed by atoms with van der Waals surface area (Å²) in [5, 5.41) is 8.27. The Morgan fingerprint density at radius 2 is 2.00 bits per heavy atom. The lowest BCUT2D eigenvalue weighted by Crippen LogP contribution is -1.84. The number of rotatable bonds is 3. The lowest BCUT2D eigenvalue weighted by Gasteiger charge is -1.86. The van der Waals surface area contributed by atoms with Crippen LogP contribution in [-0.2, 0) is 4.79 Å². The van der Waals surface area contributed by atoms with Gasteiger partial charge in [0.05, 0.1) is 0 Å². The maximum Gasteiger partial charge on any atom is 0.328 e. The van der Waals surface area contributed by atoms with Crippen LogP contribution in [-0.4, -0.2) is 21.0 Å². The number of hydrogen-bond donors (Lipinski definition) is 1. The van der Waals surface area contributed by atoms with Crippen LogP contribution in [0.5, 0.6) is 0 Å². The zero-order chi connectivity index (χ0) is 9.52. The quantitative estimate of drug-likeness (QED) is 0.554. The van der Waals surface area contributed by atoms with Crippen LogP contribution in [0.25, 0.3) is 6.08 Å². The van der Waals surface area contributed by atoms with Gasteiger partial charge in [-0.1, -0.05) is 18.2 Å². The molecule has 0 bridgehead atoms. The van der Waals surface area contributed by atoms with E-state index < -0.39 is 5.97 Å². The summed E-state index contributed by atoms with van der Waals surface area (Å²) in [7, 11) is 0. The fourth-order valence-corrected chi connectivity index (χ4v) is 0.701. The highest BCUT2D eigenvalue weighted by Gasteiger charge is 1.83. The lowest BCUT2D eigenvalue weighted by molar-refractivity contribution is -0.131. The van der Waals surface area contributed by atoms with E-state index in [9.17, 15) is 4.79 Å². The minimum absolute atomic E-state index is 0.831. The number of carboxylic acids is 1. The molecule has 66 valence electrons. The Labute approximate surface area is 75.3 Å². The predicted molar refractivity (Wildman–Crippen MR) is 47.8 cm³/mol. The first-order valence-electron chi connectivity index (χ1n) is 3.62. The van der Waals surface area contributed by atoms with E-state index in [1.54, 1.807) is 24.5 Å². The molecular weight excluding hydrogens is 168 g/mol. The zero-order valence-electron chi connectivity index (χ0n) is 6.79. The Balaban J connectivity index is 2.55. The highest BCUT2D eigenvalue weighted by molar-refractivity contribution is 5.80. The van der Waals surface area contributed by atoms with Gasteiger partial charge < -0.3 is 5.11 Å². The number of carboxylic acid groups (broad SMARTS) is 1. The Morgan fingerprint density at radius 1 is 1.31 bits per heavy atom. The molecule has 4 heteroatoms. The summed E-state index contributed by atoms with van der Waals surface area (Å²) in [4.78, 5) is 17.7. The van der Waals surface area contributed by atoms with E-state index >= 15 is 0 Å². The van der Waals surface area contributed by atoms with Crippen LogP contribution < -0.4 is 0 Å². The average Bonchev–Trinajstić information content (AvgIpc) is 2.14. The van der Waals surface area contributed by atoms with Crippen molar-refractivity contribution in [3.05, 3.63) is 42.5 Å². The third kappa shape index (κ3) is 3.81. The summed E-state index contributed by atoms with van der Waals surface area (Å²) in [6.07, 6.45) is 10.5. The predicted octanol–water partition coefficient (Wildman–Crippen LogP) is 1.13. The van der Waals surface area contributed by atoms with Crippen LogP contribution in [0.3, 0.4) is 0 Å². The monoisotopic (exact) mass is 176 g/mol. The van der Waals surface area contributed by atoms with Crippen LogP contribution in [0.1, 0.15) is 5.56 Å². The standard InChI is InChI=1S/C9H8N2O2/c12-9(13)4-2-1-3-8-5-10-7-11-6-8/h1-7H,(H,12,13)/b3-1+,4-2+. The highest BCUT2D eigenvalue weighted by atomic mass is 16.4. The van der Waals surface area contributed by atoms with Crippen molar-refractivity contribution in [2.45, 2.75) is 0 Å². The van der Waals surface area contributed by atoms with E-state index in [0.717, 1.165) is 11.6 Å². The third-order valence-electron chi connectivity index (χ3n) is 1.22. The molecule has 0 spiro atoms. The third-order valence-corrected chi connectivity index (χ3v) is 1.22. The first-order chi connectivity index (χ1) is 6.29. The first kappa shape index (κ1) is 9.12. The molecule has 0 saturated heterocycles. The maximum atomic E-state index is 10.1. The van der Waals surface area contributed by atoms with Gasteiger partial charge in [0.2, 0.25) is 0 Å². The fourth-order valence-electron chi connectivity index (χ4n) is 0.701. The van der Waals surface area contributed by atoms with E-state index in [2.05, 4.69) is 9.97 Å². The molecule has 13 heavy (non-hydrogen) atoms. The molecular formula is C9H8N2O2. The molecule has 0 aliphatic heterocycles. The fraction of sp³-hybridized carbons (Fsp3) is 0. The number of aromatic nitrogens is 2. The van der Waals surface area contributed by atoms with E-state index in [1.807, 2.05) is 0 Å². The van der Waals surface area contributed by atoms with Crippen molar-refractivity contribution in [1.82, 2.24) is 9.97 Å². The lowest BCUT2D eigenvalue weighted by atomic mass is 10.3. The van der Waals surface area contributed by atoms with Gasteiger partial charge in [-0.15, -0.1) is 0 Å². The summed E-state index contributed by atoms with van der Waals surface area (Å²) in [6, 6.07) is 0. The van der Waals surface area contributed by atoms with Gasteiger partial charge in [-0.3, -0.25) is 0 Å². The van der Waals surface area contributed by atoms with Gasteiger partial charge in [-0.25, -0.2) is 14.8 Å². The zero-order valence-corrected chi connectivity index (χ0v) is 6.79. The van der Waals surface area contributed by atoms with Crippen LogP contribution in [0, 0.1) is 0 Å². The largest absolute Gasteiger partial charge is 0.478 e. The molecule has 4 nitrogen and oxygen atoms in total. The molecule has 0 fully saturated rings. The number of aliphatic carboxylic acids is 1. The number of hydrogen-bond acceptors (Lipinski definition) is 3. The second-order valence-electron chi connectivity index (χ2n) is 2.23. The average molecular weight is 176 g/mol. The van der Waals surface area contributed by atoms with Crippen molar-refractivity contribution in [3.63, 3.8) is 0 Å². The van der Waals surface area contributed by atoms with Gasteiger partial charge in [-0.2, -0.15) is 0 Å². The van der Waals surface area contributed by atoms with E-state index in [4.69, 9.17) is 5.11 Å². The Kier molecular flexibility index (Phi) is 3.38. The van der Waals surface area contributed by atoms with Crippen molar-refractivity contribution in [3.8, 4) is 0 Å². The molecule has 1 aromatic rings. The molecule has 0 aliphatic carbocycles. The molecule has 1 heterocycles. The molecule has 1 rings (SSSR count). The topological polar surface area (TPSA) is 63.1 Å². The molecule has 0 unspecified atom stereocenters. The van der Waals surface area contributed by atoms with Crippen molar-refractivity contribution >= 4 is 12.0 Å². The van der Waals surface area contributed by atoms with Gasteiger partial charge in [0.15, 0.2) is 0 Å². The van der Waals surface area contributed by atoms with Crippen molar-refractivity contribution in [2.75, 3.05) is 0 Å². The van der Waals surface area contributed by atoms with Crippen molar-refractivity contribution < 1.29 is 9.90 Å². The summed E-state index contributed by atoms with van der Waals surface area (Å²) in [5.41, 5.74) is 0.831. The van der Waals surface area contributed by atoms with Gasteiger partial charge in [0, 0.05) is 24.0 Å². The van der Waals surface area contributed by atoms with Gasteiger partial charge in [0.1, 0.15) is 6.33 Å². The summed E-state index contributed by atoms with van der Waals surface area (Å²) in [6.45, 7) is 0. The molecule has 0 atom stereocenters. The van der Waals surface area contributed by atoms with Crippen molar-refractivity contribution in [1.29, 1.82) is 0 Å². The summed E-state index contributed by atoms with van der Waals surface area (Å²) < 4.78 is 0. The second-order valence-corrected chi connectivity index (χ2v) is 2.23. The van der Waals surface area contributed by atoms with E-state index in [1.165, 1.54) is 12.4 Å². The smallest absolute Gasteiger partial charge is 0.328 e.